The van der Waals surface area contributed by atoms with Crippen molar-refractivity contribution in [1.82, 2.24) is 0 Å². The summed E-state index contributed by atoms with van der Waals surface area (Å²) in [4.78, 5) is 16.6. The average Bonchev–Trinajstić information content (AvgIpc) is 3.04. The zero-order valence-corrected chi connectivity index (χ0v) is 18.8. The van der Waals surface area contributed by atoms with E-state index in [0.717, 1.165) is 19.2 Å². The standard InChI is InChI=1S/C21H17BrINO4/c1-3-9-27-18-8-5-13(11-19(18)26-4-2)10-17-21(25)28-20(24-17)14-6-7-16(23)15(22)12-14/h3,5-8,10-12H,1,4,9H2,2H3/b17-10-. The predicted molar refractivity (Wildman–Crippen MR) is 121 cm³/mol. The highest BCUT2D eigenvalue weighted by Crippen LogP contribution is 2.30. The fourth-order valence-electron chi connectivity index (χ4n) is 2.47. The molecule has 28 heavy (non-hydrogen) atoms. The second-order valence-corrected chi connectivity index (χ2v) is 7.72. The number of hydrogen-bond acceptors (Lipinski definition) is 5. The Kier molecular flexibility index (Phi) is 6.90. The SMILES string of the molecule is C=CCOc1ccc(/C=C2\N=C(c3ccc(I)c(Br)c3)OC2=O)cc1OCC. The smallest absolute Gasteiger partial charge is 0.363 e. The maximum Gasteiger partial charge on any atom is 0.363 e. The molecule has 0 spiro atoms. The molecule has 5 nitrogen and oxygen atoms in total. The Morgan fingerprint density at radius 2 is 2.04 bits per heavy atom. The summed E-state index contributed by atoms with van der Waals surface area (Å²) in [5.41, 5.74) is 1.72. The van der Waals surface area contributed by atoms with Gasteiger partial charge in [-0.3, -0.25) is 0 Å². The van der Waals surface area contributed by atoms with Gasteiger partial charge < -0.3 is 14.2 Å². The van der Waals surface area contributed by atoms with Crippen LogP contribution in [0.25, 0.3) is 6.08 Å². The Labute approximate surface area is 185 Å². The number of carbonyl (C=O) groups is 1. The fourth-order valence-corrected chi connectivity index (χ4v) is 3.18. The molecule has 144 valence electrons. The van der Waals surface area contributed by atoms with E-state index in [9.17, 15) is 4.79 Å². The van der Waals surface area contributed by atoms with Gasteiger partial charge in [0.2, 0.25) is 5.90 Å². The van der Waals surface area contributed by atoms with Gasteiger partial charge in [-0.1, -0.05) is 18.7 Å². The van der Waals surface area contributed by atoms with Crippen molar-refractivity contribution in [2.24, 2.45) is 4.99 Å². The highest BCUT2D eigenvalue weighted by molar-refractivity contribution is 14.1. The topological polar surface area (TPSA) is 57.1 Å². The molecule has 0 bridgehead atoms. The van der Waals surface area contributed by atoms with Crippen LogP contribution in [0.1, 0.15) is 18.1 Å². The minimum Gasteiger partial charge on any atom is -0.490 e. The van der Waals surface area contributed by atoms with Crippen molar-refractivity contribution < 1.29 is 19.0 Å². The van der Waals surface area contributed by atoms with Gasteiger partial charge in [-0.15, -0.1) is 0 Å². The quantitative estimate of drug-likeness (QED) is 0.200. The number of carbonyl (C=O) groups excluding carboxylic acids is 1. The van der Waals surface area contributed by atoms with Crippen LogP contribution in [0.4, 0.5) is 0 Å². The molecule has 0 aromatic heterocycles. The third-order valence-electron chi connectivity index (χ3n) is 3.71. The van der Waals surface area contributed by atoms with E-state index < -0.39 is 5.97 Å². The Balaban J connectivity index is 1.90. The molecule has 7 heteroatoms. The molecular formula is C21H17BrINO4. The summed E-state index contributed by atoms with van der Waals surface area (Å²) >= 11 is 5.69. The Morgan fingerprint density at radius 1 is 1.21 bits per heavy atom. The monoisotopic (exact) mass is 553 g/mol. The van der Waals surface area contributed by atoms with Crippen LogP contribution in [0.5, 0.6) is 11.5 Å². The minimum absolute atomic E-state index is 0.229. The third-order valence-corrected chi connectivity index (χ3v) is 6.05. The van der Waals surface area contributed by atoms with E-state index in [0.29, 0.717) is 24.7 Å². The molecule has 0 aliphatic carbocycles. The molecule has 0 saturated heterocycles. The number of aliphatic imine (C=N–C) groups is 1. The molecule has 2 aromatic rings. The first kappa shape index (κ1) is 20.6. The molecule has 1 heterocycles. The number of rotatable bonds is 7. The lowest BCUT2D eigenvalue weighted by atomic mass is 10.1. The molecule has 3 rings (SSSR count). The van der Waals surface area contributed by atoms with Gasteiger partial charge in [-0.2, -0.15) is 0 Å². The minimum atomic E-state index is -0.491. The molecule has 0 amide bonds. The Morgan fingerprint density at radius 3 is 2.75 bits per heavy atom. The lowest BCUT2D eigenvalue weighted by Crippen LogP contribution is -2.05. The summed E-state index contributed by atoms with van der Waals surface area (Å²) < 4.78 is 18.5. The predicted octanol–water partition coefficient (Wildman–Crippen LogP) is 5.36. The van der Waals surface area contributed by atoms with Gasteiger partial charge in [0.1, 0.15) is 6.61 Å². The summed E-state index contributed by atoms with van der Waals surface area (Å²) in [5, 5.41) is 0. The summed E-state index contributed by atoms with van der Waals surface area (Å²) in [5.74, 6) is 1.00. The van der Waals surface area contributed by atoms with Crippen molar-refractivity contribution in [3.63, 3.8) is 0 Å². The van der Waals surface area contributed by atoms with E-state index in [-0.39, 0.29) is 11.6 Å². The zero-order valence-electron chi connectivity index (χ0n) is 15.1. The van der Waals surface area contributed by atoms with E-state index in [1.807, 2.05) is 31.2 Å². The number of esters is 1. The lowest BCUT2D eigenvalue weighted by Gasteiger charge is -2.11. The molecule has 0 N–H and O–H groups in total. The Bertz CT molecular complexity index is 984. The van der Waals surface area contributed by atoms with Crippen molar-refractivity contribution in [3.05, 3.63) is 73.9 Å². The van der Waals surface area contributed by atoms with Crippen molar-refractivity contribution in [1.29, 1.82) is 0 Å². The fraction of sp³-hybridized carbons (Fsp3) is 0.143. The second-order valence-electron chi connectivity index (χ2n) is 5.70. The van der Waals surface area contributed by atoms with E-state index in [4.69, 9.17) is 14.2 Å². The number of halogens is 2. The van der Waals surface area contributed by atoms with Crippen LogP contribution in [0.3, 0.4) is 0 Å². The van der Waals surface area contributed by atoms with E-state index in [2.05, 4.69) is 50.1 Å². The summed E-state index contributed by atoms with van der Waals surface area (Å²) in [6.45, 7) is 6.42. The summed E-state index contributed by atoms with van der Waals surface area (Å²) in [6, 6.07) is 11.1. The van der Waals surface area contributed by atoms with E-state index in [1.54, 1.807) is 24.3 Å². The van der Waals surface area contributed by atoms with Gasteiger partial charge in [-0.05, 0) is 87.4 Å². The zero-order chi connectivity index (χ0) is 20.1. The average molecular weight is 554 g/mol. The van der Waals surface area contributed by atoms with Crippen LogP contribution in [0, 0.1) is 3.57 Å². The third kappa shape index (κ3) is 4.82. The highest BCUT2D eigenvalue weighted by Gasteiger charge is 2.24. The van der Waals surface area contributed by atoms with E-state index >= 15 is 0 Å². The van der Waals surface area contributed by atoms with Crippen molar-refractivity contribution in [2.75, 3.05) is 13.2 Å². The molecule has 0 radical (unpaired) electrons. The van der Waals surface area contributed by atoms with Crippen molar-refractivity contribution in [2.45, 2.75) is 6.92 Å². The van der Waals surface area contributed by atoms with Crippen LogP contribution >= 0.6 is 38.5 Å². The van der Waals surface area contributed by atoms with Crippen LogP contribution in [-0.2, 0) is 9.53 Å². The number of cyclic esters (lactones) is 1. The van der Waals surface area contributed by atoms with Crippen LogP contribution in [0.2, 0.25) is 0 Å². The molecule has 0 atom stereocenters. The van der Waals surface area contributed by atoms with Crippen LogP contribution in [-0.4, -0.2) is 25.1 Å². The van der Waals surface area contributed by atoms with Crippen molar-refractivity contribution >= 4 is 56.5 Å². The van der Waals surface area contributed by atoms with E-state index in [1.165, 1.54) is 0 Å². The maximum absolute atomic E-state index is 12.2. The number of benzene rings is 2. The molecule has 0 saturated carbocycles. The Hall–Kier alpha value is -2.13. The molecule has 0 unspecified atom stereocenters. The molecule has 1 aliphatic rings. The largest absolute Gasteiger partial charge is 0.490 e. The normalized spacial score (nSPS) is 14.6. The first-order chi connectivity index (χ1) is 13.5. The van der Waals surface area contributed by atoms with Gasteiger partial charge in [0.25, 0.3) is 0 Å². The lowest BCUT2D eigenvalue weighted by molar-refractivity contribution is -0.129. The first-order valence-corrected chi connectivity index (χ1v) is 10.4. The number of ether oxygens (including phenoxy) is 3. The molecule has 0 fully saturated rings. The number of nitrogens with zero attached hydrogens (tertiary/aromatic N) is 1. The molecule has 2 aromatic carbocycles. The maximum atomic E-state index is 12.2. The van der Waals surface area contributed by atoms with Gasteiger partial charge in [0.15, 0.2) is 17.2 Å². The summed E-state index contributed by atoms with van der Waals surface area (Å²) in [7, 11) is 0. The van der Waals surface area contributed by atoms with Gasteiger partial charge >= 0.3 is 5.97 Å². The summed E-state index contributed by atoms with van der Waals surface area (Å²) in [6.07, 6.45) is 3.33. The second kappa shape index (κ2) is 9.38. The van der Waals surface area contributed by atoms with Gasteiger partial charge in [0.05, 0.1) is 6.61 Å². The van der Waals surface area contributed by atoms with Crippen LogP contribution < -0.4 is 9.47 Å². The van der Waals surface area contributed by atoms with Gasteiger partial charge in [0, 0.05) is 13.6 Å². The first-order valence-electron chi connectivity index (χ1n) is 8.50. The van der Waals surface area contributed by atoms with Crippen LogP contribution in [0.15, 0.2) is 64.2 Å². The van der Waals surface area contributed by atoms with Gasteiger partial charge in [-0.25, -0.2) is 9.79 Å². The van der Waals surface area contributed by atoms with Crippen molar-refractivity contribution in [3.8, 4) is 11.5 Å². The molecule has 1 aliphatic heterocycles. The molecular weight excluding hydrogens is 537 g/mol. The number of hydrogen-bond donors (Lipinski definition) is 0. The highest BCUT2D eigenvalue weighted by atomic mass is 127.